The van der Waals surface area contributed by atoms with Gasteiger partial charge in [-0.1, -0.05) is 18.2 Å². The molecule has 20 heavy (non-hydrogen) atoms. The zero-order valence-corrected chi connectivity index (χ0v) is 10.1. The lowest BCUT2D eigenvalue weighted by molar-refractivity contribution is -0.392. The summed E-state index contributed by atoms with van der Waals surface area (Å²) in [4.78, 5) is 20.5. The molecule has 0 atom stereocenters. The number of hydrogen-bond donors (Lipinski definition) is 2. The van der Waals surface area contributed by atoms with Gasteiger partial charge in [0.25, 0.3) is 0 Å². The van der Waals surface area contributed by atoms with Gasteiger partial charge in [-0.2, -0.15) is 0 Å². The molecule has 0 spiro atoms. The van der Waals surface area contributed by atoms with Crippen LogP contribution in [0.3, 0.4) is 0 Å². The monoisotopic (exact) mass is 274 g/mol. The first-order chi connectivity index (χ1) is 9.59. The van der Waals surface area contributed by atoms with E-state index in [1.807, 2.05) is 0 Å². The van der Waals surface area contributed by atoms with Gasteiger partial charge in [-0.05, 0) is 18.2 Å². The van der Waals surface area contributed by atoms with Crippen molar-refractivity contribution in [3.63, 3.8) is 0 Å². The van der Waals surface area contributed by atoms with Gasteiger partial charge in [0, 0.05) is 12.1 Å². The van der Waals surface area contributed by atoms with Crippen LogP contribution >= 0.6 is 0 Å². The van der Waals surface area contributed by atoms with Crippen LogP contribution in [0.5, 0.6) is 0 Å². The molecule has 0 aliphatic rings. The molecule has 8 heteroatoms. The molecule has 0 unspecified atom stereocenters. The second-order valence-electron chi connectivity index (χ2n) is 3.80. The molecule has 2 aromatic rings. The summed E-state index contributed by atoms with van der Waals surface area (Å²) in [5.41, 5.74) is 4.91. The zero-order chi connectivity index (χ0) is 14.5. The van der Waals surface area contributed by atoms with Gasteiger partial charge in [-0.15, -0.1) is 0 Å². The smallest absolute Gasteiger partial charge is 0.301 e. The minimum absolute atomic E-state index is 0.189. The number of nitrogens with zero attached hydrogens (tertiary/aromatic N) is 2. The van der Waals surface area contributed by atoms with Crippen LogP contribution in [0.1, 0.15) is 0 Å². The number of nitro benzene ring substituents is 2. The van der Waals surface area contributed by atoms with Gasteiger partial charge in [0.15, 0.2) is 0 Å². The highest BCUT2D eigenvalue weighted by atomic mass is 16.6. The second kappa shape index (κ2) is 5.65. The van der Waals surface area contributed by atoms with Crippen molar-refractivity contribution in [2.24, 2.45) is 0 Å². The number of hydrazine groups is 1. The summed E-state index contributed by atoms with van der Waals surface area (Å²) in [5.74, 6) is 0. The number of rotatable bonds is 5. The van der Waals surface area contributed by atoms with Crippen LogP contribution in [0.2, 0.25) is 0 Å². The Hall–Kier alpha value is -3.16. The number of nitrogens with one attached hydrogen (secondary N) is 2. The van der Waals surface area contributed by atoms with Crippen LogP contribution in [0.25, 0.3) is 0 Å². The van der Waals surface area contributed by atoms with Gasteiger partial charge < -0.3 is 5.43 Å². The van der Waals surface area contributed by atoms with Gasteiger partial charge >= 0.3 is 11.4 Å². The molecule has 0 amide bonds. The molecule has 2 N–H and O–H groups in total. The normalized spacial score (nSPS) is 9.80. The van der Waals surface area contributed by atoms with Crippen molar-refractivity contribution in [1.82, 2.24) is 0 Å². The van der Waals surface area contributed by atoms with E-state index in [1.54, 1.807) is 30.3 Å². The number of anilines is 2. The van der Waals surface area contributed by atoms with Gasteiger partial charge in [-0.3, -0.25) is 25.7 Å². The van der Waals surface area contributed by atoms with Crippen molar-refractivity contribution in [3.8, 4) is 0 Å². The Balaban J connectivity index is 2.33. The van der Waals surface area contributed by atoms with Crippen LogP contribution in [-0.4, -0.2) is 9.85 Å². The summed E-state index contributed by atoms with van der Waals surface area (Å²) in [6, 6.07) is 12.4. The fraction of sp³-hybridized carbons (Fsp3) is 0. The first kappa shape index (κ1) is 13.3. The van der Waals surface area contributed by atoms with Crippen molar-refractivity contribution in [2.75, 3.05) is 10.9 Å². The minimum atomic E-state index is -0.679. The van der Waals surface area contributed by atoms with Crippen LogP contribution in [0.15, 0.2) is 48.5 Å². The molecule has 2 rings (SSSR count). The van der Waals surface area contributed by atoms with Gasteiger partial charge in [0.05, 0.1) is 15.5 Å². The maximum atomic E-state index is 10.9. The lowest BCUT2D eigenvalue weighted by atomic mass is 10.2. The minimum Gasteiger partial charge on any atom is -0.301 e. The van der Waals surface area contributed by atoms with E-state index in [9.17, 15) is 20.2 Å². The molecule has 0 fully saturated rings. The summed E-state index contributed by atoms with van der Waals surface area (Å²) in [6.45, 7) is 0. The Morgan fingerprint density at radius 1 is 0.750 bits per heavy atom. The maximum Gasteiger partial charge on any atom is 0.301 e. The lowest BCUT2D eigenvalue weighted by Crippen LogP contribution is -2.12. The largest absolute Gasteiger partial charge is 0.301 e. The molecule has 2 aromatic carbocycles. The molecule has 8 nitrogen and oxygen atoms in total. The standard InChI is InChI=1S/C12H10N4O4/c17-15(18)10-7-4-8-11(16(19)20)12(10)14-13-9-5-2-1-3-6-9/h1-8,13-14H. The first-order valence-corrected chi connectivity index (χ1v) is 5.58. The number of hydrogen-bond acceptors (Lipinski definition) is 6. The van der Waals surface area contributed by atoms with Crippen molar-refractivity contribution in [3.05, 3.63) is 68.8 Å². The van der Waals surface area contributed by atoms with E-state index < -0.39 is 9.85 Å². The third-order valence-corrected chi connectivity index (χ3v) is 2.52. The molecule has 0 saturated carbocycles. The molecule has 0 heterocycles. The fourth-order valence-electron chi connectivity index (χ4n) is 1.62. The summed E-state index contributed by atoms with van der Waals surface area (Å²) in [5, 5.41) is 21.8. The Morgan fingerprint density at radius 3 is 1.80 bits per heavy atom. The van der Waals surface area contributed by atoms with E-state index in [2.05, 4.69) is 10.9 Å². The van der Waals surface area contributed by atoms with E-state index in [-0.39, 0.29) is 17.1 Å². The quantitative estimate of drug-likeness (QED) is 0.640. The highest BCUT2D eigenvalue weighted by molar-refractivity contribution is 5.75. The Bertz CT molecular complexity index is 613. The van der Waals surface area contributed by atoms with Crippen LogP contribution in [0, 0.1) is 20.2 Å². The average Bonchev–Trinajstić information content (AvgIpc) is 2.45. The summed E-state index contributed by atoms with van der Waals surface area (Å²) < 4.78 is 0. The van der Waals surface area contributed by atoms with Gasteiger partial charge in [0.1, 0.15) is 0 Å². The summed E-state index contributed by atoms with van der Waals surface area (Å²) in [7, 11) is 0. The highest BCUT2D eigenvalue weighted by Gasteiger charge is 2.24. The third-order valence-electron chi connectivity index (χ3n) is 2.52. The summed E-state index contributed by atoms with van der Waals surface area (Å²) >= 11 is 0. The van der Waals surface area contributed by atoms with Crippen molar-refractivity contribution < 1.29 is 9.85 Å². The molecule has 102 valence electrons. The van der Waals surface area contributed by atoms with E-state index in [0.29, 0.717) is 5.69 Å². The molecular weight excluding hydrogens is 264 g/mol. The third kappa shape index (κ3) is 2.80. The highest BCUT2D eigenvalue weighted by Crippen LogP contribution is 2.33. The SMILES string of the molecule is O=[N+]([O-])c1cccc([N+](=O)[O-])c1NNc1ccccc1. The van der Waals surface area contributed by atoms with Crippen LogP contribution in [-0.2, 0) is 0 Å². The lowest BCUT2D eigenvalue weighted by Gasteiger charge is -2.10. The van der Waals surface area contributed by atoms with E-state index >= 15 is 0 Å². The number of nitro groups is 2. The molecule has 0 saturated heterocycles. The topological polar surface area (TPSA) is 110 Å². The number of benzene rings is 2. The molecule has 0 bridgehead atoms. The first-order valence-electron chi connectivity index (χ1n) is 5.58. The zero-order valence-electron chi connectivity index (χ0n) is 10.1. The van der Waals surface area contributed by atoms with Crippen LogP contribution in [0.4, 0.5) is 22.7 Å². The maximum absolute atomic E-state index is 10.9. The van der Waals surface area contributed by atoms with E-state index in [4.69, 9.17) is 0 Å². The number of para-hydroxylation sites is 2. The Morgan fingerprint density at radius 2 is 1.30 bits per heavy atom. The predicted octanol–water partition coefficient (Wildman–Crippen LogP) is 2.94. The van der Waals surface area contributed by atoms with Gasteiger partial charge in [-0.25, -0.2) is 0 Å². The molecule has 0 aliphatic heterocycles. The van der Waals surface area contributed by atoms with Crippen molar-refractivity contribution in [2.45, 2.75) is 0 Å². The molecular formula is C12H10N4O4. The Kier molecular flexibility index (Phi) is 3.75. The van der Waals surface area contributed by atoms with Crippen LogP contribution < -0.4 is 10.9 Å². The second-order valence-corrected chi connectivity index (χ2v) is 3.80. The summed E-state index contributed by atoms with van der Waals surface area (Å²) in [6.07, 6.45) is 0. The Labute approximate surface area is 113 Å². The molecule has 0 aliphatic carbocycles. The van der Waals surface area contributed by atoms with Crippen molar-refractivity contribution in [1.29, 1.82) is 0 Å². The van der Waals surface area contributed by atoms with E-state index in [1.165, 1.54) is 18.2 Å². The van der Waals surface area contributed by atoms with Crippen molar-refractivity contribution >= 4 is 22.7 Å². The van der Waals surface area contributed by atoms with Gasteiger partial charge in [0.2, 0.25) is 5.69 Å². The fourth-order valence-corrected chi connectivity index (χ4v) is 1.62. The predicted molar refractivity (Wildman–Crippen MR) is 73.4 cm³/mol. The average molecular weight is 274 g/mol. The molecule has 0 radical (unpaired) electrons. The van der Waals surface area contributed by atoms with E-state index in [0.717, 1.165) is 0 Å². The molecule has 0 aromatic heterocycles.